The first-order chi connectivity index (χ1) is 7.69. The number of H-pyrrole nitrogens is 1. The molecule has 0 bridgehead atoms. The van der Waals surface area contributed by atoms with Crippen molar-refractivity contribution >= 4 is 30.1 Å². The van der Waals surface area contributed by atoms with Gasteiger partial charge in [-0.3, -0.25) is 5.41 Å². The molecule has 0 saturated carbocycles. The molecule has 84 valence electrons. The second-order valence-corrected chi connectivity index (χ2v) is 3.42. The molecule has 2 N–H and O–H groups in total. The van der Waals surface area contributed by atoms with Crippen LogP contribution in [0.25, 0.3) is 12.7 Å². The van der Waals surface area contributed by atoms with Crippen LogP contribution in [0, 0.1) is 5.41 Å². The number of nitrogens with one attached hydrogen (secondary N) is 2. The summed E-state index contributed by atoms with van der Waals surface area (Å²) in [6.45, 7) is 5.85. The van der Waals surface area contributed by atoms with Gasteiger partial charge in [-0.2, -0.15) is 0 Å². The number of pyridine rings is 1. The zero-order valence-corrected chi connectivity index (χ0v) is 9.88. The van der Waals surface area contributed by atoms with Crippen LogP contribution in [0.1, 0.15) is 6.92 Å². The highest BCUT2D eigenvalue weighted by Gasteiger charge is 1.91. The van der Waals surface area contributed by atoms with Crippen LogP contribution < -0.4 is 15.9 Å². The van der Waals surface area contributed by atoms with Gasteiger partial charge in [0.1, 0.15) is 11.3 Å². The zero-order chi connectivity index (χ0) is 12.0. The first kappa shape index (κ1) is 12.5. The smallest absolute Gasteiger partial charge is 0.139 e. The van der Waals surface area contributed by atoms with Crippen LogP contribution in [-0.4, -0.2) is 16.7 Å². The number of halogens is 1. The minimum absolute atomic E-state index is 0.0955. The lowest BCUT2D eigenvalue weighted by Crippen LogP contribution is -2.40. The topological polar surface area (TPSA) is 52.0 Å². The fourth-order valence-electron chi connectivity index (χ4n) is 1.18. The molecule has 0 atom stereocenters. The number of nitrogens with zero attached hydrogens (tertiary/aromatic N) is 1. The summed E-state index contributed by atoms with van der Waals surface area (Å²) in [5, 5.41) is 9.18. The van der Waals surface area contributed by atoms with Crippen LogP contribution in [0.3, 0.4) is 0 Å². The molecule has 0 aliphatic rings. The van der Waals surface area contributed by atoms with Gasteiger partial charge in [0, 0.05) is 11.4 Å². The largest absolute Gasteiger partial charge is 0.346 e. The SMILES string of the molecule is C=c1cc[nH]c(=N\C(=N)CCl)/c1=C/C=C\C. The number of aromatic nitrogens is 1. The third kappa shape index (κ3) is 3.21. The fourth-order valence-corrected chi connectivity index (χ4v) is 1.24. The summed E-state index contributed by atoms with van der Waals surface area (Å²) in [6.07, 6.45) is 7.47. The molecule has 0 spiro atoms. The molecule has 4 heteroatoms. The molecular formula is C12H14ClN3. The van der Waals surface area contributed by atoms with Crippen molar-refractivity contribution in [1.82, 2.24) is 4.98 Å². The van der Waals surface area contributed by atoms with Crippen LogP contribution in [0.2, 0.25) is 0 Å². The van der Waals surface area contributed by atoms with Gasteiger partial charge in [-0.05, 0) is 18.2 Å². The molecule has 0 saturated heterocycles. The molecule has 1 aromatic heterocycles. The Balaban J connectivity index is 3.53. The summed E-state index contributed by atoms with van der Waals surface area (Å²) in [6, 6.07) is 1.86. The molecule has 0 aliphatic carbocycles. The van der Waals surface area contributed by atoms with Crippen molar-refractivity contribution in [2.45, 2.75) is 6.92 Å². The predicted octanol–water partition coefficient (Wildman–Crippen LogP) is 0.898. The Labute approximate surface area is 99.0 Å². The maximum absolute atomic E-state index is 7.45. The maximum atomic E-state index is 7.45. The highest BCUT2D eigenvalue weighted by atomic mass is 35.5. The summed E-state index contributed by atoms with van der Waals surface area (Å²) >= 11 is 5.53. The highest BCUT2D eigenvalue weighted by molar-refractivity contribution is 6.27. The summed E-state index contributed by atoms with van der Waals surface area (Å²) in [7, 11) is 0. The van der Waals surface area contributed by atoms with Gasteiger partial charge in [0.05, 0.1) is 5.88 Å². The third-order valence-corrected chi connectivity index (χ3v) is 2.19. The van der Waals surface area contributed by atoms with Crippen molar-refractivity contribution < 1.29 is 0 Å². The minimum Gasteiger partial charge on any atom is -0.346 e. The van der Waals surface area contributed by atoms with E-state index in [9.17, 15) is 0 Å². The van der Waals surface area contributed by atoms with E-state index in [0.29, 0.717) is 5.49 Å². The molecule has 1 rings (SSSR count). The van der Waals surface area contributed by atoms with Crippen LogP contribution in [0.5, 0.6) is 0 Å². The Morgan fingerprint density at radius 2 is 2.44 bits per heavy atom. The van der Waals surface area contributed by atoms with Gasteiger partial charge in [0.15, 0.2) is 0 Å². The van der Waals surface area contributed by atoms with Crippen LogP contribution in [0.15, 0.2) is 29.4 Å². The van der Waals surface area contributed by atoms with Gasteiger partial charge in [-0.25, -0.2) is 4.99 Å². The molecule has 0 aliphatic heterocycles. The van der Waals surface area contributed by atoms with Crippen molar-refractivity contribution in [2.75, 3.05) is 5.88 Å². The molecule has 0 aromatic carbocycles. The summed E-state index contributed by atoms with van der Waals surface area (Å²) in [4.78, 5) is 7.06. The van der Waals surface area contributed by atoms with Gasteiger partial charge in [-0.1, -0.05) is 24.8 Å². The third-order valence-electron chi connectivity index (χ3n) is 1.93. The van der Waals surface area contributed by atoms with E-state index >= 15 is 0 Å². The Hall–Kier alpha value is -1.61. The molecule has 1 heterocycles. The summed E-state index contributed by atoms with van der Waals surface area (Å²) in [5.41, 5.74) is 0.608. The van der Waals surface area contributed by atoms with Crippen molar-refractivity contribution in [3.05, 3.63) is 40.3 Å². The van der Waals surface area contributed by atoms with Gasteiger partial charge >= 0.3 is 0 Å². The minimum atomic E-state index is 0.0955. The molecule has 16 heavy (non-hydrogen) atoms. The quantitative estimate of drug-likeness (QED) is 0.435. The van der Waals surface area contributed by atoms with Crippen molar-refractivity contribution in [1.29, 1.82) is 5.41 Å². The van der Waals surface area contributed by atoms with Crippen molar-refractivity contribution in [2.24, 2.45) is 4.99 Å². The number of allylic oxidation sites excluding steroid dienone is 2. The van der Waals surface area contributed by atoms with E-state index in [4.69, 9.17) is 17.0 Å². The van der Waals surface area contributed by atoms with E-state index in [-0.39, 0.29) is 11.7 Å². The van der Waals surface area contributed by atoms with Gasteiger partial charge < -0.3 is 4.98 Å². The van der Waals surface area contributed by atoms with Gasteiger partial charge in [0.25, 0.3) is 0 Å². The lowest BCUT2D eigenvalue weighted by Gasteiger charge is -1.93. The van der Waals surface area contributed by atoms with E-state index in [1.165, 1.54) is 0 Å². The zero-order valence-electron chi connectivity index (χ0n) is 9.13. The lowest BCUT2D eigenvalue weighted by molar-refractivity contribution is 1.11. The Morgan fingerprint density at radius 3 is 3.06 bits per heavy atom. The molecule has 0 unspecified atom stereocenters. The van der Waals surface area contributed by atoms with E-state index in [2.05, 4.69) is 16.6 Å². The van der Waals surface area contributed by atoms with Crippen molar-refractivity contribution in [3.63, 3.8) is 0 Å². The molecule has 0 fully saturated rings. The van der Waals surface area contributed by atoms with Gasteiger partial charge in [0.2, 0.25) is 0 Å². The summed E-state index contributed by atoms with van der Waals surface area (Å²) < 4.78 is 0. The number of alkyl halides is 1. The van der Waals surface area contributed by atoms with Crippen molar-refractivity contribution in [3.8, 4) is 0 Å². The molecule has 0 radical (unpaired) electrons. The number of hydrogen-bond acceptors (Lipinski definition) is 1. The highest BCUT2D eigenvalue weighted by Crippen LogP contribution is 1.78. The first-order valence-electron chi connectivity index (χ1n) is 4.86. The van der Waals surface area contributed by atoms with E-state index < -0.39 is 0 Å². The molecule has 3 nitrogen and oxygen atoms in total. The van der Waals surface area contributed by atoms with E-state index in [1.54, 1.807) is 6.20 Å². The van der Waals surface area contributed by atoms with Crippen LogP contribution in [0.4, 0.5) is 0 Å². The predicted molar refractivity (Wildman–Crippen MR) is 68.9 cm³/mol. The maximum Gasteiger partial charge on any atom is 0.139 e. The summed E-state index contributed by atoms with van der Waals surface area (Å²) in [5.74, 6) is 0.219. The van der Waals surface area contributed by atoms with E-state index in [1.807, 2.05) is 31.2 Å². The first-order valence-corrected chi connectivity index (χ1v) is 5.40. The Morgan fingerprint density at radius 1 is 1.69 bits per heavy atom. The number of amidine groups is 1. The van der Waals surface area contributed by atoms with Crippen LogP contribution in [-0.2, 0) is 0 Å². The molecular weight excluding hydrogens is 222 g/mol. The second-order valence-electron chi connectivity index (χ2n) is 3.15. The normalized spacial score (nSPS) is 13.6. The second kappa shape index (κ2) is 6.08. The van der Waals surface area contributed by atoms with E-state index in [0.717, 1.165) is 10.4 Å². The average molecular weight is 236 g/mol. The van der Waals surface area contributed by atoms with Gasteiger partial charge in [-0.15, -0.1) is 11.6 Å². The number of hydrogen-bond donors (Lipinski definition) is 2. The monoisotopic (exact) mass is 235 g/mol. The number of aromatic amines is 1. The standard InChI is InChI=1S/C12H14ClN3/c1-3-4-5-10-9(2)6-7-15-12(10)16-11(14)8-13/h3-7H,2,8H2,1H3,(H2,14,15,16)/b4-3-,10-5+. The Kier molecular flexibility index (Phi) is 4.73. The fraction of sp³-hybridized carbons (Fsp3) is 0.167. The Bertz CT molecular complexity index is 567. The lowest BCUT2D eigenvalue weighted by atomic mass is 10.3. The molecule has 1 aromatic rings. The molecule has 0 amide bonds. The number of rotatable bonds is 2. The van der Waals surface area contributed by atoms with Crippen LogP contribution >= 0.6 is 11.6 Å². The average Bonchev–Trinajstić information content (AvgIpc) is 2.28.